The molecule has 0 aliphatic rings. The van der Waals surface area contributed by atoms with Gasteiger partial charge in [0, 0.05) is 25.8 Å². The van der Waals surface area contributed by atoms with Crippen LogP contribution < -0.4 is 9.64 Å². The molecule has 0 saturated carbocycles. The summed E-state index contributed by atoms with van der Waals surface area (Å²) in [5.74, 6) is -0.252. The highest BCUT2D eigenvalue weighted by Crippen LogP contribution is 2.23. The van der Waals surface area contributed by atoms with Crippen LogP contribution in [0.5, 0.6) is 11.6 Å². The third-order valence-corrected chi connectivity index (χ3v) is 2.40. The van der Waals surface area contributed by atoms with Crippen molar-refractivity contribution in [1.82, 2.24) is 9.97 Å². The summed E-state index contributed by atoms with van der Waals surface area (Å²) in [6, 6.07) is 7.46. The van der Waals surface area contributed by atoms with Crippen molar-refractivity contribution in [3.8, 4) is 11.6 Å². The zero-order valence-corrected chi connectivity index (χ0v) is 10.6. The van der Waals surface area contributed by atoms with Crippen LogP contribution in [0.25, 0.3) is 0 Å². The second-order valence-corrected chi connectivity index (χ2v) is 4.04. The molecule has 0 radical (unpaired) electrons. The highest BCUT2D eigenvalue weighted by atomic mass is 16.5. The highest BCUT2D eigenvalue weighted by Gasteiger charge is 2.06. The normalized spacial score (nSPS) is 10.0. The average Bonchev–Trinajstić information content (AvgIpc) is 2.39. The first kappa shape index (κ1) is 12.8. The second kappa shape index (κ2) is 5.34. The van der Waals surface area contributed by atoms with Gasteiger partial charge in [-0.2, -0.15) is 0 Å². The lowest BCUT2D eigenvalue weighted by Gasteiger charge is -2.13. The Kier molecular flexibility index (Phi) is 3.61. The molecule has 0 bridgehead atoms. The molecule has 19 heavy (non-hydrogen) atoms. The Morgan fingerprint density at radius 1 is 1.26 bits per heavy atom. The fourth-order valence-electron chi connectivity index (χ4n) is 1.43. The number of aromatic carboxylic acids is 1. The molecule has 2 aromatic rings. The van der Waals surface area contributed by atoms with Crippen LogP contribution in [0.3, 0.4) is 0 Å². The highest BCUT2D eigenvalue weighted by molar-refractivity contribution is 5.84. The molecule has 6 nitrogen and oxygen atoms in total. The van der Waals surface area contributed by atoms with Crippen LogP contribution >= 0.6 is 0 Å². The summed E-state index contributed by atoms with van der Waals surface area (Å²) in [5, 5.41) is 8.71. The molecule has 2 rings (SSSR count). The van der Waals surface area contributed by atoms with Gasteiger partial charge < -0.3 is 14.7 Å². The largest absolute Gasteiger partial charge is 0.476 e. The standard InChI is InChI=1S/C13H13N3O3/c1-16(2)9-4-3-5-10(6-9)19-12-8-14-11(7-15-12)13(17)18/h3-8H,1-2H3,(H,17,18). The number of hydrogen-bond acceptors (Lipinski definition) is 5. The summed E-state index contributed by atoms with van der Waals surface area (Å²) in [5.41, 5.74) is 0.877. The smallest absolute Gasteiger partial charge is 0.356 e. The van der Waals surface area contributed by atoms with Crippen molar-refractivity contribution in [2.24, 2.45) is 0 Å². The van der Waals surface area contributed by atoms with E-state index in [-0.39, 0.29) is 11.6 Å². The number of nitrogens with zero attached hydrogens (tertiary/aromatic N) is 3. The van der Waals surface area contributed by atoms with E-state index in [0.717, 1.165) is 11.9 Å². The van der Waals surface area contributed by atoms with Gasteiger partial charge in [-0.05, 0) is 12.1 Å². The van der Waals surface area contributed by atoms with Crippen LogP contribution in [0, 0.1) is 0 Å². The van der Waals surface area contributed by atoms with Gasteiger partial charge in [0.15, 0.2) is 5.69 Å². The van der Waals surface area contributed by atoms with Gasteiger partial charge >= 0.3 is 5.97 Å². The van der Waals surface area contributed by atoms with Crippen LogP contribution in [0.4, 0.5) is 5.69 Å². The molecule has 6 heteroatoms. The maximum atomic E-state index is 10.6. The predicted octanol–water partition coefficient (Wildman–Crippen LogP) is 2.03. The van der Waals surface area contributed by atoms with Gasteiger partial charge in [-0.3, -0.25) is 0 Å². The van der Waals surface area contributed by atoms with Crippen LogP contribution in [0.2, 0.25) is 0 Å². The zero-order chi connectivity index (χ0) is 13.8. The van der Waals surface area contributed by atoms with Crippen LogP contribution in [-0.4, -0.2) is 35.1 Å². The van der Waals surface area contributed by atoms with Crippen LogP contribution in [-0.2, 0) is 0 Å². The average molecular weight is 259 g/mol. The number of carbonyl (C=O) groups is 1. The predicted molar refractivity (Wildman–Crippen MR) is 69.8 cm³/mol. The monoisotopic (exact) mass is 259 g/mol. The van der Waals surface area contributed by atoms with E-state index < -0.39 is 5.97 Å². The molecule has 0 unspecified atom stereocenters. The first-order valence-corrected chi connectivity index (χ1v) is 5.57. The van der Waals surface area contributed by atoms with Crippen LogP contribution in [0.15, 0.2) is 36.7 Å². The molecule has 0 amide bonds. The Balaban J connectivity index is 2.16. The number of ether oxygens (including phenoxy) is 1. The minimum Gasteiger partial charge on any atom is -0.476 e. The Labute approximate surface area is 110 Å². The molecule has 98 valence electrons. The summed E-state index contributed by atoms with van der Waals surface area (Å²) >= 11 is 0. The molecular formula is C13H13N3O3. The molecule has 0 fully saturated rings. The Morgan fingerprint density at radius 3 is 2.63 bits per heavy atom. The SMILES string of the molecule is CN(C)c1cccc(Oc2cnc(C(=O)O)cn2)c1. The number of carboxylic acid groups (broad SMARTS) is 1. The topological polar surface area (TPSA) is 75.5 Å². The first-order chi connectivity index (χ1) is 9.06. The summed E-state index contributed by atoms with van der Waals surface area (Å²) in [4.78, 5) is 20.2. The second-order valence-electron chi connectivity index (χ2n) is 4.04. The molecule has 1 aromatic carbocycles. The van der Waals surface area contributed by atoms with E-state index in [0.29, 0.717) is 5.75 Å². The first-order valence-electron chi connectivity index (χ1n) is 5.57. The van der Waals surface area contributed by atoms with Crippen molar-refractivity contribution < 1.29 is 14.6 Å². The molecule has 1 aromatic heterocycles. The number of aromatic nitrogens is 2. The lowest BCUT2D eigenvalue weighted by molar-refractivity contribution is 0.0690. The van der Waals surface area contributed by atoms with Gasteiger partial charge in [-0.15, -0.1) is 0 Å². The quantitative estimate of drug-likeness (QED) is 0.905. The van der Waals surface area contributed by atoms with E-state index in [1.165, 1.54) is 6.20 Å². The minimum absolute atomic E-state index is 0.116. The Morgan fingerprint density at radius 2 is 2.05 bits per heavy atom. The minimum atomic E-state index is -1.12. The maximum absolute atomic E-state index is 10.6. The number of carboxylic acids is 1. The van der Waals surface area contributed by atoms with Gasteiger partial charge in [0.05, 0.1) is 12.4 Å². The molecular weight excluding hydrogens is 246 g/mol. The molecule has 1 heterocycles. The third-order valence-electron chi connectivity index (χ3n) is 2.40. The number of anilines is 1. The Bertz CT molecular complexity index is 582. The molecule has 0 atom stereocenters. The third kappa shape index (κ3) is 3.19. The van der Waals surface area contributed by atoms with Crippen molar-refractivity contribution in [1.29, 1.82) is 0 Å². The molecule has 1 N–H and O–H groups in total. The van der Waals surface area contributed by atoms with E-state index in [1.807, 2.05) is 37.2 Å². The molecule has 0 aliphatic carbocycles. The van der Waals surface area contributed by atoms with Crippen molar-refractivity contribution in [3.05, 3.63) is 42.4 Å². The van der Waals surface area contributed by atoms with Gasteiger partial charge in [0.25, 0.3) is 0 Å². The fourth-order valence-corrected chi connectivity index (χ4v) is 1.43. The fraction of sp³-hybridized carbons (Fsp3) is 0.154. The van der Waals surface area contributed by atoms with E-state index in [9.17, 15) is 4.79 Å². The molecule has 0 saturated heterocycles. The van der Waals surface area contributed by atoms with Gasteiger partial charge in [-0.25, -0.2) is 14.8 Å². The van der Waals surface area contributed by atoms with Gasteiger partial charge in [-0.1, -0.05) is 6.07 Å². The van der Waals surface area contributed by atoms with Gasteiger partial charge in [0.2, 0.25) is 5.88 Å². The van der Waals surface area contributed by atoms with E-state index >= 15 is 0 Å². The van der Waals surface area contributed by atoms with Crippen molar-refractivity contribution in [2.75, 3.05) is 19.0 Å². The van der Waals surface area contributed by atoms with Crippen molar-refractivity contribution in [3.63, 3.8) is 0 Å². The maximum Gasteiger partial charge on any atom is 0.356 e. The van der Waals surface area contributed by atoms with E-state index in [1.54, 1.807) is 6.07 Å². The summed E-state index contributed by atoms with van der Waals surface area (Å²) < 4.78 is 5.51. The van der Waals surface area contributed by atoms with E-state index in [4.69, 9.17) is 9.84 Å². The van der Waals surface area contributed by atoms with Crippen molar-refractivity contribution in [2.45, 2.75) is 0 Å². The summed E-state index contributed by atoms with van der Waals surface area (Å²) in [6.07, 6.45) is 2.44. The van der Waals surface area contributed by atoms with Crippen LogP contribution in [0.1, 0.15) is 10.5 Å². The Hall–Kier alpha value is -2.63. The summed E-state index contributed by atoms with van der Waals surface area (Å²) in [7, 11) is 3.86. The molecule has 0 spiro atoms. The number of benzene rings is 1. The number of rotatable bonds is 4. The van der Waals surface area contributed by atoms with Crippen molar-refractivity contribution >= 4 is 11.7 Å². The zero-order valence-electron chi connectivity index (χ0n) is 10.6. The summed E-state index contributed by atoms with van der Waals surface area (Å²) in [6.45, 7) is 0. The van der Waals surface area contributed by atoms with Gasteiger partial charge in [0.1, 0.15) is 5.75 Å². The van der Waals surface area contributed by atoms with E-state index in [2.05, 4.69) is 9.97 Å². The molecule has 0 aliphatic heterocycles. The number of hydrogen-bond donors (Lipinski definition) is 1. The lowest BCUT2D eigenvalue weighted by atomic mass is 10.3. The lowest BCUT2D eigenvalue weighted by Crippen LogP contribution is -2.08.